The van der Waals surface area contributed by atoms with E-state index in [4.69, 9.17) is 0 Å². The van der Waals surface area contributed by atoms with Gasteiger partial charge in [0.15, 0.2) is 5.16 Å². The van der Waals surface area contributed by atoms with Gasteiger partial charge >= 0.3 is 5.69 Å². The third kappa shape index (κ3) is 4.22. The molecule has 0 aliphatic heterocycles. The molecule has 0 aliphatic rings. The molecule has 0 bridgehead atoms. The Bertz CT molecular complexity index is 384. The summed E-state index contributed by atoms with van der Waals surface area (Å²) in [7, 11) is 1.79. The summed E-state index contributed by atoms with van der Waals surface area (Å²) >= 11 is 1.62. The van der Waals surface area contributed by atoms with Crippen LogP contribution < -0.4 is 5.69 Å². The number of nitrogens with zero attached hydrogens (tertiary/aromatic N) is 3. The lowest BCUT2D eigenvalue weighted by molar-refractivity contribution is 0.514. The van der Waals surface area contributed by atoms with Crippen LogP contribution in [-0.2, 0) is 13.6 Å². The van der Waals surface area contributed by atoms with Crippen molar-refractivity contribution in [2.75, 3.05) is 5.75 Å². The van der Waals surface area contributed by atoms with E-state index in [-0.39, 0.29) is 5.69 Å². The average Bonchev–Trinajstić information content (AvgIpc) is 2.58. The van der Waals surface area contributed by atoms with Gasteiger partial charge in [0, 0.05) is 13.6 Å². The van der Waals surface area contributed by atoms with Crippen LogP contribution in [0.2, 0.25) is 0 Å². The summed E-state index contributed by atoms with van der Waals surface area (Å²) in [4.78, 5) is 11.8. The monoisotopic (exact) mass is 257 g/mol. The summed E-state index contributed by atoms with van der Waals surface area (Å²) in [5.74, 6) is 0.945. The molecule has 1 rings (SSSR count). The molecule has 0 N–H and O–H groups in total. The molecule has 98 valence electrons. The van der Waals surface area contributed by atoms with Gasteiger partial charge in [0.1, 0.15) is 0 Å². The molecular weight excluding hydrogens is 234 g/mol. The van der Waals surface area contributed by atoms with Crippen LogP contribution in [0, 0.1) is 0 Å². The molecule has 0 aromatic carbocycles. The third-order valence-corrected chi connectivity index (χ3v) is 3.65. The number of hydrogen-bond donors (Lipinski definition) is 0. The van der Waals surface area contributed by atoms with Crippen LogP contribution in [0.25, 0.3) is 0 Å². The van der Waals surface area contributed by atoms with E-state index in [9.17, 15) is 4.79 Å². The Morgan fingerprint density at radius 3 is 2.53 bits per heavy atom. The van der Waals surface area contributed by atoms with Gasteiger partial charge < -0.3 is 0 Å². The van der Waals surface area contributed by atoms with Gasteiger partial charge in [-0.15, -0.1) is 5.10 Å². The minimum atomic E-state index is 0.0106. The van der Waals surface area contributed by atoms with Gasteiger partial charge in [0.2, 0.25) is 0 Å². The molecule has 1 heterocycles. The number of rotatable bonds is 8. The molecule has 0 fully saturated rings. The first-order valence-electron chi connectivity index (χ1n) is 6.47. The number of hydrogen-bond acceptors (Lipinski definition) is 3. The van der Waals surface area contributed by atoms with Gasteiger partial charge in [-0.1, -0.05) is 51.3 Å². The van der Waals surface area contributed by atoms with Crippen molar-refractivity contribution in [2.24, 2.45) is 7.05 Å². The Kier molecular flexibility index (Phi) is 6.40. The molecular formula is C12H23N3OS. The molecule has 0 saturated heterocycles. The highest BCUT2D eigenvalue weighted by Crippen LogP contribution is 2.11. The molecule has 0 radical (unpaired) electrons. The van der Waals surface area contributed by atoms with Crippen LogP contribution in [0.5, 0.6) is 0 Å². The van der Waals surface area contributed by atoms with E-state index in [2.05, 4.69) is 18.9 Å². The maximum atomic E-state index is 11.8. The quantitative estimate of drug-likeness (QED) is 0.531. The Morgan fingerprint density at radius 2 is 1.88 bits per heavy atom. The number of unbranched alkanes of at least 4 members (excludes halogenated alkanes) is 4. The largest absolute Gasteiger partial charge is 0.346 e. The molecule has 0 saturated carbocycles. The van der Waals surface area contributed by atoms with E-state index in [1.807, 2.05) is 0 Å². The van der Waals surface area contributed by atoms with Gasteiger partial charge in [-0.25, -0.2) is 9.48 Å². The second-order valence-electron chi connectivity index (χ2n) is 4.19. The van der Waals surface area contributed by atoms with Crippen molar-refractivity contribution in [1.29, 1.82) is 0 Å². The summed E-state index contributed by atoms with van der Waals surface area (Å²) in [6.45, 7) is 5.02. The number of aryl methyl sites for hydroxylation is 1. The molecule has 0 atom stereocenters. The van der Waals surface area contributed by atoms with Gasteiger partial charge in [0.05, 0.1) is 0 Å². The van der Waals surface area contributed by atoms with Gasteiger partial charge in [-0.2, -0.15) is 0 Å². The van der Waals surface area contributed by atoms with Gasteiger partial charge in [-0.3, -0.25) is 4.57 Å². The minimum absolute atomic E-state index is 0.0106. The molecule has 0 spiro atoms. The lowest BCUT2D eigenvalue weighted by Gasteiger charge is -1.99. The van der Waals surface area contributed by atoms with Crippen molar-refractivity contribution in [3.8, 4) is 0 Å². The predicted molar refractivity (Wildman–Crippen MR) is 72.6 cm³/mol. The van der Waals surface area contributed by atoms with Crippen LogP contribution in [0.3, 0.4) is 0 Å². The Balaban J connectivity index is 2.48. The first kappa shape index (κ1) is 14.4. The molecule has 1 aromatic rings. The maximum absolute atomic E-state index is 11.8. The molecule has 0 aliphatic carbocycles. The summed E-state index contributed by atoms with van der Waals surface area (Å²) in [6, 6.07) is 0. The highest BCUT2D eigenvalue weighted by molar-refractivity contribution is 7.99. The van der Waals surface area contributed by atoms with Crippen LogP contribution >= 0.6 is 11.8 Å². The van der Waals surface area contributed by atoms with Crippen molar-refractivity contribution in [3.05, 3.63) is 10.5 Å². The smallest absolute Gasteiger partial charge is 0.273 e. The van der Waals surface area contributed by atoms with Crippen molar-refractivity contribution in [1.82, 2.24) is 14.3 Å². The third-order valence-electron chi connectivity index (χ3n) is 2.75. The van der Waals surface area contributed by atoms with E-state index in [0.29, 0.717) is 0 Å². The zero-order valence-corrected chi connectivity index (χ0v) is 11.9. The van der Waals surface area contributed by atoms with Crippen LogP contribution in [-0.4, -0.2) is 20.1 Å². The Labute approximate surface area is 107 Å². The van der Waals surface area contributed by atoms with Crippen LogP contribution in [0.15, 0.2) is 9.95 Å². The van der Waals surface area contributed by atoms with Crippen LogP contribution in [0.1, 0.15) is 46.0 Å². The van der Waals surface area contributed by atoms with Crippen molar-refractivity contribution < 1.29 is 0 Å². The standard InChI is InChI=1S/C12H23N3OS/c1-4-6-7-8-9-10-15-12(16)14(3)11(13-15)17-5-2/h4-10H2,1-3H3. The second kappa shape index (κ2) is 7.58. The van der Waals surface area contributed by atoms with Gasteiger partial charge in [-0.05, 0) is 12.2 Å². The molecule has 1 aromatic heterocycles. The highest BCUT2D eigenvalue weighted by Gasteiger charge is 2.08. The van der Waals surface area contributed by atoms with E-state index in [0.717, 1.165) is 23.9 Å². The number of aromatic nitrogens is 3. The fraction of sp³-hybridized carbons (Fsp3) is 0.833. The lowest BCUT2D eigenvalue weighted by Crippen LogP contribution is -2.23. The second-order valence-corrected chi connectivity index (χ2v) is 5.43. The summed E-state index contributed by atoms with van der Waals surface area (Å²) < 4.78 is 3.24. The van der Waals surface area contributed by atoms with Crippen molar-refractivity contribution in [3.63, 3.8) is 0 Å². The predicted octanol–water partition coefficient (Wildman–Crippen LogP) is 2.66. The zero-order valence-electron chi connectivity index (χ0n) is 11.1. The van der Waals surface area contributed by atoms with Gasteiger partial charge in [0.25, 0.3) is 0 Å². The SMILES string of the molecule is CCCCCCCn1nc(SCC)n(C)c1=O. The normalized spacial score (nSPS) is 11.0. The average molecular weight is 257 g/mol. The van der Waals surface area contributed by atoms with E-state index in [1.165, 1.54) is 25.7 Å². The molecule has 4 nitrogen and oxygen atoms in total. The topological polar surface area (TPSA) is 39.8 Å². The molecule has 5 heteroatoms. The van der Waals surface area contributed by atoms with Crippen molar-refractivity contribution >= 4 is 11.8 Å². The Morgan fingerprint density at radius 1 is 1.18 bits per heavy atom. The van der Waals surface area contributed by atoms with Crippen molar-refractivity contribution in [2.45, 2.75) is 57.7 Å². The molecule has 0 unspecified atom stereocenters. The summed E-state index contributed by atoms with van der Waals surface area (Å²) in [6.07, 6.45) is 6.03. The van der Waals surface area contributed by atoms with E-state index < -0.39 is 0 Å². The summed E-state index contributed by atoms with van der Waals surface area (Å²) in [5, 5.41) is 5.17. The molecule has 17 heavy (non-hydrogen) atoms. The maximum Gasteiger partial charge on any atom is 0.346 e. The zero-order chi connectivity index (χ0) is 12.7. The van der Waals surface area contributed by atoms with E-state index in [1.54, 1.807) is 28.1 Å². The van der Waals surface area contributed by atoms with Crippen LogP contribution in [0.4, 0.5) is 0 Å². The highest BCUT2D eigenvalue weighted by atomic mass is 32.2. The fourth-order valence-corrected chi connectivity index (χ4v) is 2.42. The number of thioether (sulfide) groups is 1. The first-order chi connectivity index (χ1) is 8.20. The lowest BCUT2D eigenvalue weighted by atomic mass is 10.1. The minimum Gasteiger partial charge on any atom is -0.273 e. The first-order valence-corrected chi connectivity index (χ1v) is 7.45. The van der Waals surface area contributed by atoms with E-state index >= 15 is 0 Å². The fourth-order valence-electron chi connectivity index (χ4n) is 1.73. The molecule has 0 amide bonds. The Hall–Kier alpha value is -0.710. The summed E-state index contributed by atoms with van der Waals surface area (Å²) in [5.41, 5.74) is 0.0106.